The molecule has 2 fully saturated rings. The van der Waals surface area contributed by atoms with Gasteiger partial charge in [-0.3, -0.25) is 15.0 Å². The van der Waals surface area contributed by atoms with Crippen LogP contribution < -0.4 is 16.1 Å². The standard InChI is InChI=1S/C14H20N6O3S2/c1-2-15-11-17-18-13(25-11)24-8-9(21)19-20-10(22)14(16-12(20)23)6-4-3-5-7-14/h2-8H2,1H3,(H,15,17)(H,16,23)(H,19,21). The van der Waals surface area contributed by atoms with Gasteiger partial charge in [-0.05, 0) is 19.8 Å². The van der Waals surface area contributed by atoms with Crippen LogP contribution in [0, 0.1) is 0 Å². The van der Waals surface area contributed by atoms with E-state index in [1.807, 2.05) is 6.92 Å². The molecule has 3 rings (SSSR count). The highest BCUT2D eigenvalue weighted by Gasteiger charge is 2.52. The largest absolute Gasteiger partial charge is 0.360 e. The number of urea groups is 1. The maximum absolute atomic E-state index is 12.6. The molecule has 9 nitrogen and oxygen atoms in total. The van der Waals surface area contributed by atoms with Crippen molar-refractivity contribution >= 4 is 46.1 Å². The third-order valence-electron chi connectivity index (χ3n) is 4.17. The van der Waals surface area contributed by atoms with E-state index >= 15 is 0 Å². The predicted octanol–water partition coefficient (Wildman–Crippen LogP) is 1.35. The van der Waals surface area contributed by atoms with Crippen LogP contribution in [0.3, 0.4) is 0 Å². The summed E-state index contributed by atoms with van der Waals surface area (Å²) in [5.41, 5.74) is 1.57. The van der Waals surface area contributed by atoms with Gasteiger partial charge in [0.25, 0.3) is 5.91 Å². The third kappa shape index (κ3) is 3.87. The van der Waals surface area contributed by atoms with Gasteiger partial charge in [-0.1, -0.05) is 42.4 Å². The fourth-order valence-corrected chi connectivity index (χ4v) is 4.60. The molecule has 1 saturated carbocycles. The molecule has 1 aromatic heterocycles. The number of rotatable bonds is 6. The van der Waals surface area contributed by atoms with Gasteiger partial charge in [0.05, 0.1) is 5.75 Å². The Bertz CT molecular complexity index is 673. The lowest BCUT2D eigenvalue weighted by Gasteiger charge is -2.30. The molecule has 1 spiro atoms. The van der Waals surface area contributed by atoms with Crippen molar-refractivity contribution in [3.8, 4) is 0 Å². The second kappa shape index (κ2) is 7.56. The molecular formula is C14H20N6O3S2. The number of amides is 4. The Morgan fingerprint density at radius 1 is 1.32 bits per heavy atom. The first-order valence-electron chi connectivity index (χ1n) is 8.20. The molecule has 4 amide bonds. The molecule has 1 aromatic rings. The number of hydrogen-bond donors (Lipinski definition) is 3. The predicted molar refractivity (Wildman–Crippen MR) is 94.1 cm³/mol. The maximum Gasteiger partial charge on any atom is 0.344 e. The summed E-state index contributed by atoms with van der Waals surface area (Å²) in [5.74, 6) is -0.743. The highest BCUT2D eigenvalue weighted by atomic mass is 32.2. The van der Waals surface area contributed by atoms with Gasteiger partial charge in [-0.15, -0.1) is 10.2 Å². The lowest BCUT2D eigenvalue weighted by atomic mass is 9.82. The number of nitrogens with zero attached hydrogens (tertiary/aromatic N) is 3. The van der Waals surface area contributed by atoms with Crippen LogP contribution in [-0.4, -0.2) is 50.9 Å². The summed E-state index contributed by atoms with van der Waals surface area (Å²) < 4.78 is 0.645. The van der Waals surface area contributed by atoms with Gasteiger partial charge in [-0.25, -0.2) is 4.79 Å². The number of imide groups is 1. The van der Waals surface area contributed by atoms with Gasteiger partial charge in [0.2, 0.25) is 11.0 Å². The maximum atomic E-state index is 12.6. The second-order valence-electron chi connectivity index (χ2n) is 5.94. The number of nitrogens with one attached hydrogen (secondary N) is 3. The number of anilines is 1. The smallest absolute Gasteiger partial charge is 0.344 e. The van der Waals surface area contributed by atoms with E-state index in [4.69, 9.17) is 0 Å². The van der Waals surface area contributed by atoms with Gasteiger partial charge in [0.15, 0.2) is 4.34 Å². The number of hydrogen-bond acceptors (Lipinski definition) is 8. The zero-order chi connectivity index (χ0) is 17.9. The third-order valence-corrected chi connectivity index (χ3v) is 6.18. The molecule has 25 heavy (non-hydrogen) atoms. The Hall–Kier alpha value is -1.88. The van der Waals surface area contributed by atoms with Crippen LogP contribution in [0.1, 0.15) is 39.0 Å². The summed E-state index contributed by atoms with van der Waals surface area (Å²) in [6.45, 7) is 2.70. The molecule has 1 aliphatic carbocycles. The Kier molecular flexibility index (Phi) is 5.42. The highest BCUT2D eigenvalue weighted by Crippen LogP contribution is 2.33. The van der Waals surface area contributed by atoms with E-state index < -0.39 is 17.5 Å². The minimum absolute atomic E-state index is 0.0464. The van der Waals surface area contributed by atoms with Gasteiger partial charge in [-0.2, -0.15) is 5.01 Å². The monoisotopic (exact) mass is 384 g/mol. The lowest BCUT2D eigenvalue weighted by molar-refractivity contribution is -0.139. The molecule has 0 atom stereocenters. The summed E-state index contributed by atoms with van der Waals surface area (Å²) in [6.07, 6.45) is 4.10. The van der Waals surface area contributed by atoms with Crippen molar-refractivity contribution in [1.29, 1.82) is 0 Å². The van der Waals surface area contributed by atoms with Crippen LogP contribution >= 0.6 is 23.1 Å². The normalized spacial score (nSPS) is 19.2. The van der Waals surface area contributed by atoms with Crippen LogP contribution in [0.5, 0.6) is 0 Å². The number of carbonyl (C=O) groups is 3. The van der Waals surface area contributed by atoms with Gasteiger partial charge in [0.1, 0.15) is 5.54 Å². The van der Waals surface area contributed by atoms with E-state index in [0.29, 0.717) is 22.3 Å². The topological polar surface area (TPSA) is 116 Å². The molecular weight excluding hydrogens is 364 g/mol. The molecule has 0 bridgehead atoms. The number of thioether (sulfide) groups is 1. The molecule has 2 heterocycles. The fourth-order valence-electron chi connectivity index (χ4n) is 2.99. The van der Waals surface area contributed by atoms with Crippen molar-refractivity contribution < 1.29 is 14.4 Å². The summed E-state index contributed by atoms with van der Waals surface area (Å²) >= 11 is 2.56. The SMILES string of the molecule is CCNc1nnc(SCC(=O)NN2C(=O)NC3(CCCCC3)C2=O)s1. The summed E-state index contributed by atoms with van der Waals surface area (Å²) in [4.78, 5) is 36.8. The van der Waals surface area contributed by atoms with E-state index in [9.17, 15) is 14.4 Å². The Labute approximate surface area is 153 Å². The molecule has 0 aromatic carbocycles. The minimum atomic E-state index is -0.838. The van der Waals surface area contributed by atoms with Crippen LogP contribution in [0.15, 0.2) is 4.34 Å². The van der Waals surface area contributed by atoms with Gasteiger partial charge < -0.3 is 10.6 Å². The Balaban J connectivity index is 1.53. The quantitative estimate of drug-likeness (QED) is 0.501. The van der Waals surface area contributed by atoms with Gasteiger partial charge in [0, 0.05) is 6.54 Å². The first-order chi connectivity index (χ1) is 12.0. The zero-order valence-corrected chi connectivity index (χ0v) is 15.5. The van der Waals surface area contributed by atoms with Gasteiger partial charge >= 0.3 is 6.03 Å². The van der Waals surface area contributed by atoms with E-state index in [2.05, 4.69) is 26.3 Å². The van der Waals surface area contributed by atoms with E-state index in [1.54, 1.807) is 0 Å². The van der Waals surface area contributed by atoms with Crippen molar-refractivity contribution in [2.45, 2.75) is 48.9 Å². The molecule has 1 aliphatic heterocycles. The second-order valence-corrected chi connectivity index (χ2v) is 8.14. The highest BCUT2D eigenvalue weighted by molar-refractivity contribution is 8.01. The zero-order valence-electron chi connectivity index (χ0n) is 13.8. The van der Waals surface area contributed by atoms with Crippen LogP contribution in [0.2, 0.25) is 0 Å². The van der Waals surface area contributed by atoms with Crippen LogP contribution in [0.4, 0.5) is 9.93 Å². The number of aromatic nitrogens is 2. The van der Waals surface area contributed by atoms with E-state index in [0.717, 1.165) is 30.8 Å². The Morgan fingerprint density at radius 3 is 2.80 bits per heavy atom. The summed E-state index contributed by atoms with van der Waals surface area (Å²) in [7, 11) is 0. The van der Waals surface area contributed by atoms with Crippen molar-refractivity contribution in [3.05, 3.63) is 0 Å². The number of carbonyl (C=O) groups excluding carboxylic acids is 3. The van der Waals surface area contributed by atoms with Crippen molar-refractivity contribution in [2.75, 3.05) is 17.6 Å². The molecule has 0 radical (unpaired) electrons. The molecule has 2 aliphatic rings. The first kappa shape index (κ1) is 17.9. The minimum Gasteiger partial charge on any atom is -0.360 e. The summed E-state index contributed by atoms with van der Waals surface area (Å²) in [5, 5.41) is 15.2. The van der Waals surface area contributed by atoms with E-state index in [-0.39, 0.29) is 11.7 Å². The summed E-state index contributed by atoms with van der Waals surface area (Å²) in [6, 6.07) is -0.560. The van der Waals surface area contributed by atoms with Crippen molar-refractivity contribution in [3.63, 3.8) is 0 Å². The fraction of sp³-hybridized carbons (Fsp3) is 0.643. The lowest BCUT2D eigenvalue weighted by Crippen LogP contribution is -2.51. The number of hydrazine groups is 1. The first-order valence-corrected chi connectivity index (χ1v) is 10.0. The van der Waals surface area contributed by atoms with Crippen LogP contribution in [0.25, 0.3) is 0 Å². The molecule has 0 unspecified atom stereocenters. The van der Waals surface area contributed by atoms with Crippen molar-refractivity contribution in [2.24, 2.45) is 0 Å². The van der Waals surface area contributed by atoms with Crippen molar-refractivity contribution in [1.82, 2.24) is 25.9 Å². The molecule has 136 valence electrons. The molecule has 11 heteroatoms. The Morgan fingerprint density at radius 2 is 2.08 bits per heavy atom. The average molecular weight is 384 g/mol. The van der Waals surface area contributed by atoms with Crippen LogP contribution in [-0.2, 0) is 9.59 Å². The molecule has 1 saturated heterocycles. The average Bonchev–Trinajstić information content (AvgIpc) is 3.13. The molecule has 3 N–H and O–H groups in total. The van der Waals surface area contributed by atoms with E-state index in [1.165, 1.54) is 23.1 Å².